The minimum Gasteiger partial charge on any atom is -0.497 e. The average Bonchev–Trinajstić information content (AvgIpc) is 2.55. The van der Waals surface area contributed by atoms with Crippen molar-refractivity contribution in [3.63, 3.8) is 0 Å². The van der Waals surface area contributed by atoms with Crippen LogP contribution in [0.2, 0.25) is 0 Å². The molecule has 1 N–H and O–H groups in total. The summed E-state index contributed by atoms with van der Waals surface area (Å²) in [5.41, 5.74) is 0.828. The smallest absolute Gasteiger partial charge is 0.261 e. The summed E-state index contributed by atoms with van der Waals surface area (Å²) in [7, 11) is 1.60. The molecule has 0 aliphatic carbocycles. The summed E-state index contributed by atoms with van der Waals surface area (Å²) >= 11 is 0. The van der Waals surface area contributed by atoms with Gasteiger partial charge < -0.3 is 14.8 Å². The third-order valence-electron chi connectivity index (χ3n) is 3.67. The first kappa shape index (κ1) is 17.9. The molecule has 1 atom stereocenters. The summed E-state index contributed by atoms with van der Waals surface area (Å²) in [6.45, 7) is 5.76. The molecule has 0 fully saturated rings. The van der Waals surface area contributed by atoms with Gasteiger partial charge in [0.15, 0.2) is 6.10 Å². The number of hydrogen-bond donors (Lipinski definition) is 1. The standard InChI is InChI=1S/C20H25NO3/c1-15(24-18-12-8-11-17(13-18)23-4)19(22)21-20(2,3)14-16-9-6-5-7-10-16/h5-13,15H,14H2,1-4H3,(H,21,22)/t15-/m1/s1. The Labute approximate surface area is 143 Å². The third kappa shape index (κ3) is 5.30. The maximum absolute atomic E-state index is 12.4. The molecule has 2 aromatic rings. The van der Waals surface area contributed by atoms with Crippen molar-refractivity contribution in [3.05, 3.63) is 60.2 Å². The van der Waals surface area contributed by atoms with Gasteiger partial charge in [0.1, 0.15) is 11.5 Å². The van der Waals surface area contributed by atoms with Crippen LogP contribution in [0.5, 0.6) is 11.5 Å². The molecule has 0 unspecified atom stereocenters. The van der Waals surface area contributed by atoms with Crippen LogP contribution in [0, 0.1) is 0 Å². The zero-order valence-electron chi connectivity index (χ0n) is 14.7. The molecule has 0 heterocycles. The molecule has 128 valence electrons. The van der Waals surface area contributed by atoms with E-state index in [4.69, 9.17) is 9.47 Å². The number of benzene rings is 2. The lowest BCUT2D eigenvalue weighted by Gasteiger charge is -2.28. The zero-order valence-corrected chi connectivity index (χ0v) is 14.7. The highest BCUT2D eigenvalue weighted by atomic mass is 16.5. The summed E-state index contributed by atoms with van der Waals surface area (Å²) in [5, 5.41) is 3.06. The van der Waals surface area contributed by atoms with Crippen LogP contribution in [-0.4, -0.2) is 24.7 Å². The van der Waals surface area contributed by atoms with E-state index < -0.39 is 6.10 Å². The molecule has 0 bridgehead atoms. The molecule has 1 amide bonds. The van der Waals surface area contributed by atoms with Gasteiger partial charge in [0, 0.05) is 11.6 Å². The quantitative estimate of drug-likeness (QED) is 0.845. The zero-order chi connectivity index (χ0) is 17.6. The summed E-state index contributed by atoms with van der Waals surface area (Å²) < 4.78 is 10.9. The van der Waals surface area contributed by atoms with E-state index >= 15 is 0 Å². The third-order valence-corrected chi connectivity index (χ3v) is 3.67. The average molecular weight is 327 g/mol. The van der Waals surface area contributed by atoms with Gasteiger partial charge in [-0.2, -0.15) is 0 Å². The van der Waals surface area contributed by atoms with Crippen LogP contribution in [0.15, 0.2) is 54.6 Å². The Morgan fingerprint density at radius 3 is 2.42 bits per heavy atom. The Bertz CT molecular complexity index is 668. The Morgan fingerprint density at radius 2 is 1.75 bits per heavy atom. The number of hydrogen-bond acceptors (Lipinski definition) is 3. The largest absolute Gasteiger partial charge is 0.497 e. The number of methoxy groups -OCH3 is 1. The fourth-order valence-electron chi connectivity index (χ4n) is 2.52. The predicted octanol–water partition coefficient (Wildman–Crippen LogP) is 3.60. The van der Waals surface area contributed by atoms with Crippen LogP contribution < -0.4 is 14.8 Å². The Kier molecular flexibility index (Phi) is 5.85. The van der Waals surface area contributed by atoms with Gasteiger partial charge in [-0.3, -0.25) is 4.79 Å². The second-order valence-corrected chi connectivity index (χ2v) is 6.47. The molecular formula is C20H25NO3. The molecule has 2 aromatic carbocycles. The van der Waals surface area contributed by atoms with Crippen molar-refractivity contribution in [1.29, 1.82) is 0 Å². The topological polar surface area (TPSA) is 47.6 Å². The maximum atomic E-state index is 12.4. The highest BCUT2D eigenvalue weighted by Crippen LogP contribution is 2.20. The van der Waals surface area contributed by atoms with Gasteiger partial charge in [-0.05, 0) is 44.9 Å². The van der Waals surface area contributed by atoms with Crippen molar-refractivity contribution >= 4 is 5.91 Å². The first-order valence-electron chi connectivity index (χ1n) is 8.06. The lowest BCUT2D eigenvalue weighted by molar-refractivity contribution is -0.128. The minimum absolute atomic E-state index is 0.140. The summed E-state index contributed by atoms with van der Waals surface area (Å²) in [6, 6.07) is 17.3. The maximum Gasteiger partial charge on any atom is 0.261 e. The van der Waals surface area contributed by atoms with Crippen LogP contribution in [-0.2, 0) is 11.2 Å². The molecule has 24 heavy (non-hydrogen) atoms. The normalized spacial score (nSPS) is 12.3. The van der Waals surface area contributed by atoms with Crippen LogP contribution in [0.25, 0.3) is 0 Å². The molecule has 0 radical (unpaired) electrons. The van der Waals surface area contributed by atoms with E-state index in [0.29, 0.717) is 11.5 Å². The van der Waals surface area contributed by atoms with E-state index in [1.165, 1.54) is 5.56 Å². The number of carbonyl (C=O) groups excluding carboxylic acids is 1. The van der Waals surface area contributed by atoms with Gasteiger partial charge in [-0.15, -0.1) is 0 Å². The van der Waals surface area contributed by atoms with Gasteiger partial charge in [0.05, 0.1) is 7.11 Å². The molecule has 4 heteroatoms. The lowest BCUT2D eigenvalue weighted by Crippen LogP contribution is -2.49. The molecule has 0 spiro atoms. The number of ether oxygens (including phenoxy) is 2. The Balaban J connectivity index is 1.94. The SMILES string of the molecule is COc1cccc(O[C@H](C)C(=O)NC(C)(C)Cc2ccccc2)c1. The highest BCUT2D eigenvalue weighted by Gasteiger charge is 2.25. The van der Waals surface area contributed by atoms with Crippen molar-refractivity contribution in [1.82, 2.24) is 5.32 Å². The van der Waals surface area contributed by atoms with Crippen molar-refractivity contribution in [3.8, 4) is 11.5 Å². The summed E-state index contributed by atoms with van der Waals surface area (Å²) in [4.78, 5) is 12.4. The number of carbonyl (C=O) groups is 1. The van der Waals surface area contributed by atoms with Gasteiger partial charge in [0.2, 0.25) is 0 Å². The second kappa shape index (κ2) is 7.86. The number of rotatable bonds is 7. The Hall–Kier alpha value is -2.49. The van der Waals surface area contributed by atoms with E-state index in [1.54, 1.807) is 26.2 Å². The van der Waals surface area contributed by atoms with Gasteiger partial charge in [-0.25, -0.2) is 0 Å². The number of amides is 1. The van der Waals surface area contributed by atoms with Crippen molar-refractivity contribution in [2.24, 2.45) is 0 Å². The minimum atomic E-state index is -0.591. The van der Waals surface area contributed by atoms with E-state index in [1.807, 2.05) is 44.2 Å². The fraction of sp³-hybridized carbons (Fsp3) is 0.350. The van der Waals surface area contributed by atoms with Crippen LogP contribution in [0.1, 0.15) is 26.3 Å². The monoisotopic (exact) mass is 327 g/mol. The van der Waals surface area contributed by atoms with Crippen LogP contribution >= 0.6 is 0 Å². The van der Waals surface area contributed by atoms with Gasteiger partial charge in [0.25, 0.3) is 5.91 Å². The van der Waals surface area contributed by atoms with Crippen LogP contribution in [0.3, 0.4) is 0 Å². The molecular weight excluding hydrogens is 302 g/mol. The Morgan fingerprint density at radius 1 is 1.08 bits per heavy atom. The predicted molar refractivity (Wildman–Crippen MR) is 95.5 cm³/mol. The second-order valence-electron chi connectivity index (χ2n) is 6.47. The first-order chi connectivity index (χ1) is 11.4. The molecule has 0 aromatic heterocycles. The first-order valence-corrected chi connectivity index (χ1v) is 8.06. The molecule has 0 saturated carbocycles. The van der Waals surface area contributed by atoms with E-state index in [0.717, 1.165) is 6.42 Å². The van der Waals surface area contributed by atoms with Gasteiger partial charge in [-0.1, -0.05) is 36.4 Å². The van der Waals surface area contributed by atoms with Crippen molar-refractivity contribution in [2.45, 2.75) is 38.8 Å². The summed E-state index contributed by atoms with van der Waals surface area (Å²) in [6.07, 6.45) is 0.165. The molecule has 4 nitrogen and oxygen atoms in total. The van der Waals surface area contributed by atoms with E-state index in [2.05, 4.69) is 17.4 Å². The molecule has 2 rings (SSSR count). The molecule has 0 saturated heterocycles. The lowest BCUT2D eigenvalue weighted by atomic mass is 9.94. The fourth-order valence-corrected chi connectivity index (χ4v) is 2.52. The molecule has 0 aliphatic heterocycles. The van der Waals surface area contributed by atoms with Crippen molar-refractivity contribution in [2.75, 3.05) is 7.11 Å². The number of nitrogens with one attached hydrogen (secondary N) is 1. The molecule has 0 aliphatic rings. The van der Waals surface area contributed by atoms with Crippen molar-refractivity contribution < 1.29 is 14.3 Å². The highest BCUT2D eigenvalue weighted by molar-refractivity contribution is 5.81. The van der Waals surface area contributed by atoms with E-state index in [-0.39, 0.29) is 11.4 Å². The summed E-state index contributed by atoms with van der Waals surface area (Å²) in [5.74, 6) is 1.17. The van der Waals surface area contributed by atoms with E-state index in [9.17, 15) is 4.79 Å². The van der Waals surface area contributed by atoms with Crippen LogP contribution in [0.4, 0.5) is 0 Å². The van der Waals surface area contributed by atoms with Gasteiger partial charge >= 0.3 is 0 Å².